The molecule has 0 aromatic carbocycles. The molecule has 0 bridgehead atoms. The number of anilines is 2. The Hall–Kier alpha value is -1.34. The second-order valence-corrected chi connectivity index (χ2v) is 4.54. The average molecular weight is 256 g/mol. The Morgan fingerprint density at radius 1 is 1.56 bits per heavy atom. The van der Waals surface area contributed by atoms with Crippen LogP contribution in [-0.4, -0.2) is 9.97 Å². The number of thiazole rings is 1. The van der Waals surface area contributed by atoms with Crippen LogP contribution in [0.4, 0.5) is 15.9 Å². The number of nitrogens with zero attached hydrogens (tertiary/aromatic N) is 2. The number of halogens is 1. The van der Waals surface area contributed by atoms with Gasteiger partial charge in [-0.1, -0.05) is 0 Å². The molecule has 0 radical (unpaired) electrons. The summed E-state index contributed by atoms with van der Waals surface area (Å²) < 4.78 is 16.3. The monoisotopic (exact) mass is 256 g/mol. The third-order valence-electron chi connectivity index (χ3n) is 1.86. The van der Waals surface area contributed by atoms with Crippen LogP contribution in [0.3, 0.4) is 0 Å². The molecule has 0 aliphatic rings. The number of nitrogen functional groups attached to an aromatic ring is 1. The van der Waals surface area contributed by atoms with Gasteiger partial charge in [-0.25, -0.2) is 14.4 Å². The number of hydrogen-bond donors (Lipinski definition) is 2. The molecule has 2 aromatic rings. The fraction of sp³-hybridized carbons (Fsp3) is 0.111. The molecule has 0 saturated heterocycles. The minimum absolute atomic E-state index is 0.264. The van der Waals surface area contributed by atoms with Gasteiger partial charge in [-0.3, -0.25) is 0 Å². The normalized spacial score (nSPS) is 10.4. The lowest BCUT2D eigenvalue weighted by Crippen LogP contribution is -1.99. The van der Waals surface area contributed by atoms with Crippen LogP contribution in [0.2, 0.25) is 0 Å². The maximum atomic E-state index is 13.4. The van der Waals surface area contributed by atoms with E-state index in [9.17, 15) is 4.39 Å². The molecule has 0 aliphatic heterocycles. The highest BCUT2D eigenvalue weighted by atomic mass is 32.2. The van der Waals surface area contributed by atoms with Gasteiger partial charge < -0.3 is 10.5 Å². The van der Waals surface area contributed by atoms with E-state index in [2.05, 4.69) is 14.7 Å². The SMILES string of the molecule is Cc1nc(SNc2cscn2)c(F)cc1N. The number of nitrogens with two attached hydrogens (primary N) is 1. The molecular weight excluding hydrogens is 247 g/mol. The zero-order valence-electron chi connectivity index (χ0n) is 8.40. The molecule has 3 N–H and O–H groups in total. The van der Waals surface area contributed by atoms with Crippen molar-refractivity contribution in [2.24, 2.45) is 0 Å². The quantitative estimate of drug-likeness (QED) is 0.827. The van der Waals surface area contributed by atoms with E-state index < -0.39 is 5.82 Å². The van der Waals surface area contributed by atoms with Gasteiger partial charge >= 0.3 is 0 Å². The minimum atomic E-state index is -0.434. The van der Waals surface area contributed by atoms with Gasteiger partial charge in [0.15, 0.2) is 10.8 Å². The fourth-order valence-corrected chi connectivity index (χ4v) is 2.22. The lowest BCUT2D eigenvalue weighted by Gasteiger charge is -2.05. The summed E-state index contributed by atoms with van der Waals surface area (Å²) in [4.78, 5) is 8.06. The van der Waals surface area contributed by atoms with Crippen molar-refractivity contribution in [1.82, 2.24) is 9.97 Å². The van der Waals surface area contributed by atoms with E-state index in [0.29, 0.717) is 17.2 Å². The van der Waals surface area contributed by atoms with Crippen molar-refractivity contribution in [3.8, 4) is 0 Å². The average Bonchev–Trinajstić information content (AvgIpc) is 2.74. The third-order valence-corrected chi connectivity index (χ3v) is 3.24. The molecule has 4 nitrogen and oxygen atoms in total. The summed E-state index contributed by atoms with van der Waals surface area (Å²) in [6.07, 6.45) is 0. The molecule has 84 valence electrons. The third kappa shape index (κ3) is 2.42. The van der Waals surface area contributed by atoms with E-state index >= 15 is 0 Å². The molecular formula is C9H9FN4S2. The van der Waals surface area contributed by atoms with Gasteiger partial charge in [-0.15, -0.1) is 11.3 Å². The van der Waals surface area contributed by atoms with Crippen molar-refractivity contribution in [2.75, 3.05) is 10.5 Å². The van der Waals surface area contributed by atoms with Crippen LogP contribution in [0.1, 0.15) is 5.69 Å². The van der Waals surface area contributed by atoms with Crippen LogP contribution in [0.5, 0.6) is 0 Å². The Morgan fingerprint density at radius 2 is 2.38 bits per heavy atom. The first-order valence-corrected chi connectivity index (χ1v) is 6.16. The van der Waals surface area contributed by atoms with Crippen molar-refractivity contribution in [1.29, 1.82) is 0 Å². The van der Waals surface area contributed by atoms with Crippen molar-refractivity contribution in [3.05, 3.63) is 28.5 Å². The van der Waals surface area contributed by atoms with Crippen LogP contribution in [0, 0.1) is 12.7 Å². The predicted octanol–water partition coefficient (Wildman–Crippen LogP) is 2.69. The lowest BCUT2D eigenvalue weighted by atomic mass is 10.3. The maximum absolute atomic E-state index is 13.4. The summed E-state index contributed by atoms with van der Waals surface area (Å²) in [5, 5.41) is 2.09. The highest BCUT2D eigenvalue weighted by Gasteiger charge is 2.08. The molecule has 0 fully saturated rings. The van der Waals surface area contributed by atoms with Crippen LogP contribution in [-0.2, 0) is 0 Å². The van der Waals surface area contributed by atoms with Crippen molar-refractivity contribution >= 4 is 34.8 Å². The molecule has 0 atom stereocenters. The second-order valence-electron chi connectivity index (χ2n) is 3.03. The fourth-order valence-electron chi connectivity index (χ4n) is 1.01. The zero-order chi connectivity index (χ0) is 11.5. The van der Waals surface area contributed by atoms with E-state index in [1.165, 1.54) is 17.4 Å². The largest absolute Gasteiger partial charge is 0.397 e. The van der Waals surface area contributed by atoms with E-state index in [0.717, 1.165) is 11.9 Å². The number of aromatic nitrogens is 2. The first-order valence-electron chi connectivity index (χ1n) is 4.40. The van der Waals surface area contributed by atoms with Crippen molar-refractivity contribution in [3.63, 3.8) is 0 Å². The molecule has 7 heteroatoms. The Balaban J connectivity index is 2.12. The molecule has 2 aromatic heterocycles. The van der Waals surface area contributed by atoms with Gasteiger partial charge in [0, 0.05) is 23.4 Å². The van der Waals surface area contributed by atoms with E-state index in [1.807, 2.05) is 5.38 Å². The van der Waals surface area contributed by atoms with Crippen molar-refractivity contribution in [2.45, 2.75) is 11.9 Å². The molecule has 2 heterocycles. The minimum Gasteiger partial charge on any atom is -0.397 e. The molecule has 0 aliphatic carbocycles. The number of pyridine rings is 1. The number of hydrogen-bond acceptors (Lipinski definition) is 6. The molecule has 0 amide bonds. The van der Waals surface area contributed by atoms with E-state index in [4.69, 9.17) is 5.73 Å². The maximum Gasteiger partial charge on any atom is 0.159 e. The van der Waals surface area contributed by atoms with Crippen LogP contribution < -0.4 is 10.5 Å². The number of rotatable bonds is 3. The second kappa shape index (κ2) is 4.67. The molecule has 0 saturated carbocycles. The molecule has 16 heavy (non-hydrogen) atoms. The van der Waals surface area contributed by atoms with Crippen LogP contribution in [0.15, 0.2) is 22.0 Å². The summed E-state index contributed by atoms with van der Waals surface area (Å²) in [6, 6.07) is 1.27. The predicted molar refractivity (Wildman–Crippen MR) is 64.9 cm³/mol. The molecule has 0 unspecified atom stereocenters. The Kier molecular flexibility index (Phi) is 3.25. The first-order chi connectivity index (χ1) is 7.66. The topological polar surface area (TPSA) is 63.8 Å². The van der Waals surface area contributed by atoms with Gasteiger partial charge in [0.1, 0.15) is 5.82 Å². The van der Waals surface area contributed by atoms with E-state index in [-0.39, 0.29) is 5.03 Å². The smallest absolute Gasteiger partial charge is 0.159 e. The van der Waals surface area contributed by atoms with E-state index in [1.54, 1.807) is 12.4 Å². The summed E-state index contributed by atoms with van der Waals surface area (Å²) in [5.74, 6) is 0.251. The van der Waals surface area contributed by atoms with Crippen LogP contribution in [0.25, 0.3) is 0 Å². The van der Waals surface area contributed by atoms with Gasteiger partial charge in [-0.05, 0) is 6.92 Å². The number of aryl methyl sites for hydroxylation is 1. The standard InChI is InChI=1S/C9H9FN4S2/c1-5-7(11)2-6(10)9(13-5)16-14-8-3-15-4-12-8/h2-4,14H,11H2,1H3. The van der Waals surface area contributed by atoms with Gasteiger partial charge in [0.2, 0.25) is 0 Å². The highest BCUT2D eigenvalue weighted by molar-refractivity contribution is 8.00. The van der Waals surface area contributed by atoms with Crippen LogP contribution >= 0.6 is 23.3 Å². The van der Waals surface area contributed by atoms with Gasteiger partial charge in [0.25, 0.3) is 0 Å². The summed E-state index contributed by atoms with van der Waals surface area (Å²) in [5.41, 5.74) is 8.20. The Morgan fingerprint density at radius 3 is 3.06 bits per heavy atom. The summed E-state index contributed by atoms with van der Waals surface area (Å²) in [6.45, 7) is 1.74. The number of nitrogens with one attached hydrogen (secondary N) is 1. The van der Waals surface area contributed by atoms with Gasteiger partial charge in [-0.2, -0.15) is 0 Å². The highest BCUT2D eigenvalue weighted by Crippen LogP contribution is 2.24. The zero-order valence-corrected chi connectivity index (χ0v) is 10.0. The van der Waals surface area contributed by atoms with Gasteiger partial charge in [0.05, 0.1) is 16.9 Å². The molecule has 2 rings (SSSR count). The molecule has 0 spiro atoms. The first kappa shape index (κ1) is 11.2. The lowest BCUT2D eigenvalue weighted by molar-refractivity contribution is 0.587. The Labute approximate surface area is 100 Å². The summed E-state index contributed by atoms with van der Waals surface area (Å²) >= 11 is 2.54. The van der Waals surface area contributed by atoms with Crippen molar-refractivity contribution < 1.29 is 4.39 Å². The summed E-state index contributed by atoms with van der Waals surface area (Å²) in [7, 11) is 0. The Bertz CT molecular complexity index is 487.